The molecule has 2 nitrogen and oxygen atoms in total. The molecule has 106 valence electrons. The van der Waals surface area contributed by atoms with Gasteiger partial charge in [-0.2, -0.15) is 0 Å². The van der Waals surface area contributed by atoms with Crippen LogP contribution in [0.2, 0.25) is 0 Å². The van der Waals surface area contributed by atoms with Gasteiger partial charge in [0.2, 0.25) is 0 Å². The Morgan fingerprint density at radius 3 is 2.45 bits per heavy atom. The lowest BCUT2D eigenvalue weighted by atomic mass is 10.1. The van der Waals surface area contributed by atoms with Crippen molar-refractivity contribution in [3.8, 4) is 5.75 Å². The fourth-order valence-corrected chi connectivity index (χ4v) is 2.17. The number of hydrogen-bond acceptors (Lipinski definition) is 2. The Kier molecular flexibility index (Phi) is 5.05. The van der Waals surface area contributed by atoms with Crippen molar-refractivity contribution in [1.29, 1.82) is 0 Å². The molecule has 2 heteroatoms. The molecule has 0 heterocycles. The van der Waals surface area contributed by atoms with E-state index >= 15 is 0 Å². The summed E-state index contributed by atoms with van der Waals surface area (Å²) >= 11 is 0. The average Bonchev–Trinajstić information content (AvgIpc) is 2.42. The molecule has 2 aromatic rings. The van der Waals surface area contributed by atoms with Crippen LogP contribution in [0.4, 0.5) is 5.69 Å². The van der Waals surface area contributed by atoms with Crippen LogP contribution in [-0.4, -0.2) is 12.6 Å². The van der Waals surface area contributed by atoms with Crippen molar-refractivity contribution in [2.75, 3.05) is 11.9 Å². The first-order chi connectivity index (χ1) is 9.65. The molecule has 0 saturated heterocycles. The highest BCUT2D eigenvalue weighted by molar-refractivity contribution is 5.53. The van der Waals surface area contributed by atoms with E-state index in [0.29, 0.717) is 0 Å². The number of ether oxygens (including phenoxy) is 1. The largest absolute Gasteiger partial charge is 0.491 e. The van der Waals surface area contributed by atoms with Gasteiger partial charge in [0.05, 0.1) is 6.10 Å². The van der Waals surface area contributed by atoms with Gasteiger partial charge in [-0.15, -0.1) is 0 Å². The molecule has 0 aliphatic rings. The van der Waals surface area contributed by atoms with Crippen molar-refractivity contribution in [3.05, 3.63) is 59.7 Å². The number of anilines is 1. The molecule has 2 rings (SSSR count). The van der Waals surface area contributed by atoms with Crippen molar-refractivity contribution in [2.24, 2.45) is 0 Å². The lowest BCUT2D eigenvalue weighted by Crippen LogP contribution is -2.08. The van der Waals surface area contributed by atoms with Gasteiger partial charge in [0.25, 0.3) is 0 Å². The van der Waals surface area contributed by atoms with E-state index in [1.54, 1.807) is 0 Å². The third kappa shape index (κ3) is 4.30. The second kappa shape index (κ2) is 6.99. The predicted molar refractivity (Wildman–Crippen MR) is 85.6 cm³/mol. The van der Waals surface area contributed by atoms with Crippen molar-refractivity contribution in [1.82, 2.24) is 0 Å². The van der Waals surface area contributed by atoms with E-state index in [1.165, 1.54) is 16.8 Å². The Labute approximate surface area is 121 Å². The van der Waals surface area contributed by atoms with E-state index in [-0.39, 0.29) is 6.10 Å². The van der Waals surface area contributed by atoms with Crippen LogP contribution in [0.3, 0.4) is 0 Å². The molecule has 0 aliphatic carbocycles. The highest BCUT2D eigenvalue weighted by Gasteiger charge is 2.02. The topological polar surface area (TPSA) is 21.3 Å². The molecule has 0 atom stereocenters. The van der Waals surface area contributed by atoms with Gasteiger partial charge in [-0.3, -0.25) is 0 Å². The van der Waals surface area contributed by atoms with Crippen LogP contribution in [-0.2, 0) is 6.42 Å². The number of benzene rings is 2. The van der Waals surface area contributed by atoms with Gasteiger partial charge in [-0.05, 0) is 56.5 Å². The third-order valence-corrected chi connectivity index (χ3v) is 3.14. The Morgan fingerprint density at radius 1 is 1.05 bits per heavy atom. The molecule has 0 bridgehead atoms. The summed E-state index contributed by atoms with van der Waals surface area (Å²) in [6, 6.07) is 16.7. The molecule has 2 aromatic carbocycles. The van der Waals surface area contributed by atoms with Crippen LogP contribution < -0.4 is 10.1 Å². The summed E-state index contributed by atoms with van der Waals surface area (Å²) < 4.78 is 5.70. The zero-order valence-electron chi connectivity index (χ0n) is 12.5. The maximum atomic E-state index is 5.70. The lowest BCUT2D eigenvalue weighted by molar-refractivity contribution is 0.242. The van der Waals surface area contributed by atoms with Crippen molar-refractivity contribution >= 4 is 5.69 Å². The molecule has 0 spiro atoms. The quantitative estimate of drug-likeness (QED) is 0.837. The fraction of sp³-hybridized carbons (Fsp3) is 0.333. The van der Waals surface area contributed by atoms with Gasteiger partial charge < -0.3 is 10.1 Å². The van der Waals surface area contributed by atoms with E-state index in [0.717, 1.165) is 18.7 Å². The summed E-state index contributed by atoms with van der Waals surface area (Å²) in [5.41, 5.74) is 3.76. The number of hydrogen-bond donors (Lipinski definition) is 1. The maximum absolute atomic E-state index is 5.70. The SMILES string of the molecule is Cc1cc(OC(C)C)ccc1NCCc1ccccc1. The molecule has 0 aromatic heterocycles. The average molecular weight is 269 g/mol. The zero-order chi connectivity index (χ0) is 14.4. The molecular weight excluding hydrogens is 246 g/mol. The fourth-order valence-electron chi connectivity index (χ4n) is 2.17. The van der Waals surface area contributed by atoms with E-state index in [9.17, 15) is 0 Å². The monoisotopic (exact) mass is 269 g/mol. The molecule has 0 radical (unpaired) electrons. The molecule has 0 fully saturated rings. The first-order valence-corrected chi connectivity index (χ1v) is 7.20. The summed E-state index contributed by atoms with van der Waals surface area (Å²) in [7, 11) is 0. The minimum atomic E-state index is 0.214. The molecule has 20 heavy (non-hydrogen) atoms. The van der Waals surface area contributed by atoms with E-state index < -0.39 is 0 Å². The van der Waals surface area contributed by atoms with Crippen LogP contribution in [0.15, 0.2) is 48.5 Å². The molecule has 0 saturated carbocycles. The Morgan fingerprint density at radius 2 is 1.80 bits per heavy atom. The van der Waals surface area contributed by atoms with Crippen LogP contribution in [0, 0.1) is 6.92 Å². The van der Waals surface area contributed by atoms with E-state index in [4.69, 9.17) is 4.74 Å². The van der Waals surface area contributed by atoms with Gasteiger partial charge in [-0.1, -0.05) is 30.3 Å². The zero-order valence-corrected chi connectivity index (χ0v) is 12.5. The maximum Gasteiger partial charge on any atom is 0.120 e. The highest BCUT2D eigenvalue weighted by atomic mass is 16.5. The predicted octanol–water partition coefficient (Wildman–Crippen LogP) is 4.44. The van der Waals surface area contributed by atoms with Crippen LogP contribution in [0.25, 0.3) is 0 Å². The summed E-state index contributed by atoms with van der Waals surface area (Å²) in [6.07, 6.45) is 1.25. The van der Waals surface area contributed by atoms with Gasteiger partial charge in [0, 0.05) is 12.2 Å². The minimum Gasteiger partial charge on any atom is -0.491 e. The minimum absolute atomic E-state index is 0.214. The first-order valence-electron chi connectivity index (χ1n) is 7.20. The highest BCUT2D eigenvalue weighted by Crippen LogP contribution is 2.22. The second-order valence-electron chi connectivity index (χ2n) is 5.31. The van der Waals surface area contributed by atoms with Crippen molar-refractivity contribution in [3.63, 3.8) is 0 Å². The molecular formula is C18H23NO. The third-order valence-electron chi connectivity index (χ3n) is 3.14. The van der Waals surface area contributed by atoms with E-state index in [2.05, 4.69) is 54.7 Å². The van der Waals surface area contributed by atoms with Gasteiger partial charge in [0.15, 0.2) is 0 Å². The summed E-state index contributed by atoms with van der Waals surface area (Å²) in [4.78, 5) is 0. The summed E-state index contributed by atoms with van der Waals surface area (Å²) in [6.45, 7) is 7.13. The van der Waals surface area contributed by atoms with Crippen molar-refractivity contribution < 1.29 is 4.74 Å². The first kappa shape index (κ1) is 14.4. The van der Waals surface area contributed by atoms with Gasteiger partial charge >= 0.3 is 0 Å². The van der Waals surface area contributed by atoms with Crippen LogP contribution in [0.1, 0.15) is 25.0 Å². The Hall–Kier alpha value is -1.96. The standard InChI is InChI=1S/C18H23NO/c1-14(2)20-17-9-10-18(15(3)13-17)19-12-11-16-7-5-4-6-8-16/h4-10,13-14,19H,11-12H2,1-3H3. The summed E-state index contributed by atoms with van der Waals surface area (Å²) in [5.74, 6) is 0.936. The van der Waals surface area contributed by atoms with E-state index in [1.807, 2.05) is 19.9 Å². The molecule has 0 aliphatic heterocycles. The smallest absolute Gasteiger partial charge is 0.120 e. The number of aryl methyl sites for hydroxylation is 1. The lowest BCUT2D eigenvalue weighted by Gasteiger charge is -2.14. The number of nitrogens with one attached hydrogen (secondary N) is 1. The molecule has 0 amide bonds. The second-order valence-corrected chi connectivity index (χ2v) is 5.31. The van der Waals surface area contributed by atoms with Crippen LogP contribution in [0.5, 0.6) is 5.75 Å². The normalized spacial score (nSPS) is 10.6. The Bertz CT molecular complexity index is 534. The van der Waals surface area contributed by atoms with Gasteiger partial charge in [0.1, 0.15) is 5.75 Å². The summed E-state index contributed by atoms with van der Waals surface area (Å²) in [5, 5.41) is 3.49. The molecule has 0 unspecified atom stereocenters. The number of rotatable bonds is 6. The van der Waals surface area contributed by atoms with Gasteiger partial charge in [-0.25, -0.2) is 0 Å². The van der Waals surface area contributed by atoms with Crippen molar-refractivity contribution in [2.45, 2.75) is 33.3 Å². The van der Waals surface area contributed by atoms with Crippen LogP contribution >= 0.6 is 0 Å². The Balaban J connectivity index is 1.90. The molecule has 1 N–H and O–H groups in total.